The van der Waals surface area contributed by atoms with Gasteiger partial charge in [-0.05, 0) is 180 Å². The highest BCUT2D eigenvalue weighted by atomic mass is 15.1. The minimum absolute atomic E-state index is 0.938. The van der Waals surface area contributed by atoms with Gasteiger partial charge in [0.15, 0.2) is 0 Å². The van der Waals surface area contributed by atoms with Gasteiger partial charge in [0, 0.05) is 22.8 Å². The highest BCUT2D eigenvalue weighted by molar-refractivity contribution is 6.20. The molecule has 7 aromatic rings. The first-order valence-electron chi connectivity index (χ1n) is 21.2. The zero-order valence-corrected chi connectivity index (χ0v) is 35.3. The maximum absolute atomic E-state index is 5.07. The van der Waals surface area contributed by atoms with E-state index in [0.29, 0.717) is 0 Å². The molecule has 0 atom stereocenters. The van der Waals surface area contributed by atoms with Crippen LogP contribution in [0.3, 0.4) is 0 Å². The molecule has 0 spiro atoms. The molecule has 0 bridgehead atoms. The summed E-state index contributed by atoms with van der Waals surface area (Å²) in [4.78, 5) is 7.30. The number of nitrogens with zero attached hydrogens (tertiary/aromatic N) is 3. The molecule has 6 aromatic carbocycles. The minimum atomic E-state index is 0.938. The predicted octanol–water partition coefficient (Wildman–Crippen LogP) is 15.9. The van der Waals surface area contributed by atoms with E-state index >= 15 is 0 Å². The third-order valence-corrected chi connectivity index (χ3v) is 11.9. The maximum Gasteiger partial charge on any atom is 0.111 e. The molecule has 3 heteroatoms. The highest BCUT2D eigenvalue weighted by Crippen LogP contribution is 2.46. The van der Waals surface area contributed by atoms with Crippen molar-refractivity contribution in [2.45, 2.75) is 53.9 Å². The van der Waals surface area contributed by atoms with E-state index in [1.165, 1.54) is 66.1 Å². The number of anilines is 1. The first-order chi connectivity index (χ1) is 29.3. The number of rotatable bonds is 9. The summed E-state index contributed by atoms with van der Waals surface area (Å²) in [5.41, 5.74) is 17.4. The van der Waals surface area contributed by atoms with Gasteiger partial charge in [0.2, 0.25) is 0 Å². The Morgan fingerprint density at radius 3 is 2.10 bits per heavy atom. The summed E-state index contributed by atoms with van der Waals surface area (Å²) in [6.07, 6.45) is 27.3. The number of benzene rings is 6. The lowest BCUT2D eigenvalue weighted by molar-refractivity contribution is 1.03. The largest absolute Gasteiger partial charge is 0.315 e. The molecule has 0 aliphatic heterocycles. The van der Waals surface area contributed by atoms with E-state index < -0.39 is 0 Å². The molecule has 3 nitrogen and oxygen atoms in total. The van der Waals surface area contributed by atoms with Crippen LogP contribution in [0, 0.1) is 13.8 Å². The van der Waals surface area contributed by atoms with Crippen LogP contribution in [0.4, 0.5) is 5.69 Å². The lowest BCUT2D eigenvalue weighted by Gasteiger charge is -2.28. The Morgan fingerprint density at radius 1 is 0.700 bits per heavy atom. The van der Waals surface area contributed by atoms with Gasteiger partial charge >= 0.3 is 0 Å². The van der Waals surface area contributed by atoms with Gasteiger partial charge in [0.25, 0.3) is 0 Å². The van der Waals surface area contributed by atoms with Crippen LogP contribution < -0.4 is 4.90 Å². The SMILES string of the molecule is C=C(C)N(C(/C=C\C)=C/C)c1ccc(-c2ccc3c(C4=CCCC=C4)c4cc(-c5ccc6c(c5)nc(C)n6C5=CC=CCC=C5)ccc4c(-c4ccccc4)c3c2)cc1C. The zero-order chi connectivity index (χ0) is 41.3. The number of aryl methyl sites for hydroxylation is 2. The van der Waals surface area contributed by atoms with Gasteiger partial charge in [-0.15, -0.1) is 0 Å². The van der Waals surface area contributed by atoms with Gasteiger partial charge in [-0.3, -0.25) is 4.57 Å². The van der Waals surface area contributed by atoms with Crippen LogP contribution in [0.5, 0.6) is 0 Å². The van der Waals surface area contributed by atoms with Crippen LogP contribution >= 0.6 is 0 Å². The summed E-state index contributed by atoms with van der Waals surface area (Å²) < 4.78 is 2.26. The van der Waals surface area contributed by atoms with E-state index in [-0.39, 0.29) is 0 Å². The summed E-state index contributed by atoms with van der Waals surface area (Å²) in [6, 6.07) is 38.7. The quantitative estimate of drug-likeness (QED) is 0.108. The lowest BCUT2D eigenvalue weighted by Crippen LogP contribution is -2.19. The molecule has 0 unspecified atom stereocenters. The van der Waals surface area contributed by atoms with Crippen molar-refractivity contribution in [3.8, 4) is 33.4 Å². The fraction of sp³-hybridized carbons (Fsp3) is 0.140. The Morgan fingerprint density at radius 2 is 1.40 bits per heavy atom. The molecule has 2 aliphatic carbocycles. The molecular formula is C57H51N3. The normalized spacial score (nSPS) is 14.3. The number of allylic oxidation sites excluding steroid dienone is 14. The second-order valence-electron chi connectivity index (χ2n) is 15.9. The lowest BCUT2D eigenvalue weighted by atomic mass is 9.83. The van der Waals surface area contributed by atoms with E-state index in [1.807, 2.05) is 0 Å². The summed E-state index contributed by atoms with van der Waals surface area (Å²) in [6.45, 7) is 14.8. The second kappa shape index (κ2) is 16.4. The minimum Gasteiger partial charge on any atom is -0.315 e. The standard InChI is InChI=1S/C57H51N3/c1-7-19-47(8-2)59(38(3)4)54-32-28-43(34-39(54)5)44-26-30-49-51(35-44)56(41-20-13-11-14-21-41)50-31-27-45(36-52(50)57(49)42-22-15-12-16-23-42)46-29-33-55-53(37-46)58-40(6)60(55)48-24-17-9-10-18-25-48/h7-9,11,13-15,17-37H,3,10,12,16H2,1-2,4-6H3/b19-7-,47-8+. The molecule has 0 amide bonds. The van der Waals surface area contributed by atoms with Crippen LogP contribution in [0.15, 0.2) is 188 Å². The number of hydrogen-bond donors (Lipinski definition) is 0. The molecule has 0 saturated heterocycles. The smallest absolute Gasteiger partial charge is 0.111 e. The van der Waals surface area contributed by atoms with Gasteiger partial charge in [-0.25, -0.2) is 4.98 Å². The monoisotopic (exact) mass is 777 g/mol. The molecule has 9 rings (SSSR count). The Labute approximate surface area is 354 Å². The molecule has 2 aliphatic rings. The Kier molecular flexibility index (Phi) is 10.5. The fourth-order valence-electron chi connectivity index (χ4n) is 9.16. The van der Waals surface area contributed by atoms with Crippen molar-refractivity contribution < 1.29 is 0 Å². The third kappa shape index (κ3) is 7.01. The van der Waals surface area contributed by atoms with Crippen LogP contribution in [-0.4, -0.2) is 9.55 Å². The maximum atomic E-state index is 5.07. The van der Waals surface area contributed by atoms with Crippen molar-refractivity contribution in [2.24, 2.45) is 0 Å². The average molecular weight is 778 g/mol. The van der Waals surface area contributed by atoms with Crippen molar-refractivity contribution in [1.82, 2.24) is 9.55 Å². The second-order valence-corrected chi connectivity index (χ2v) is 15.9. The van der Waals surface area contributed by atoms with Gasteiger partial charge in [0.05, 0.1) is 11.0 Å². The molecule has 294 valence electrons. The first-order valence-corrected chi connectivity index (χ1v) is 21.2. The van der Waals surface area contributed by atoms with Gasteiger partial charge in [-0.1, -0.05) is 122 Å². The Bertz CT molecular complexity index is 3060. The molecule has 0 N–H and O–H groups in total. The van der Waals surface area contributed by atoms with Gasteiger partial charge < -0.3 is 4.90 Å². The molecule has 0 fully saturated rings. The van der Waals surface area contributed by atoms with Crippen LogP contribution in [0.2, 0.25) is 0 Å². The Balaban J connectivity index is 1.24. The molecule has 1 aromatic heterocycles. The summed E-state index contributed by atoms with van der Waals surface area (Å²) in [7, 11) is 0. The van der Waals surface area contributed by atoms with Crippen LogP contribution in [0.1, 0.15) is 57.0 Å². The first kappa shape index (κ1) is 38.5. The average Bonchev–Trinajstić information content (AvgIpc) is 3.39. The van der Waals surface area contributed by atoms with E-state index in [9.17, 15) is 0 Å². The van der Waals surface area contributed by atoms with Crippen molar-refractivity contribution in [3.05, 3.63) is 205 Å². The van der Waals surface area contributed by atoms with Gasteiger partial charge in [-0.2, -0.15) is 0 Å². The van der Waals surface area contributed by atoms with Crippen molar-refractivity contribution in [1.29, 1.82) is 0 Å². The zero-order valence-electron chi connectivity index (χ0n) is 35.3. The topological polar surface area (TPSA) is 21.1 Å². The summed E-state index contributed by atoms with van der Waals surface area (Å²) in [5, 5.41) is 5.02. The molecule has 60 heavy (non-hydrogen) atoms. The van der Waals surface area contributed by atoms with Crippen LogP contribution in [0.25, 0.3) is 77.2 Å². The van der Waals surface area contributed by atoms with Crippen molar-refractivity contribution in [2.75, 3.05) is 4.90 Å². The molecule has 0 saturated carbocycles. The van der Waals surface area contributed by atoms with Crippen LogP contribution in [-0.2, 0) is 0 Å². The predicted molar refractivity (Wildman–Crippen MR) is 260 cm³/mol. The Hall–Kier alpha value is -6.97. The molecule has 0 radical (unpaired) electrons. The van der Waals surface area contributed by atoms with Gasteiger partial charge in [0.1, 0.15) is 5.82 Å². The van der Waals surface area contributed by atoms with Crippen molar-refractivity contribution in [3.63, 3.8) is 0 Å². The summed E-state index contributed by atoms with van der Waals surface area (Å²) in [5.74, 6) is 0.982. The summed E-state index contributed by atoms with van der Waals surface area (Å²) >= 11 is 0. The number of hydrogen-bond acceptors (Lipinski definition) is 2. The van der Waals surface area contributed by atoms with Crippen molar-refractivity contribution >= 4 is 49.5 Å². The third-order valence-electron chi connectivity index (χ3n) is 11.9. The van der Waals surface area contributed by atoms with E-state index in [4.69, 9.17) is 4.98 Å². The van der Waals surface area contributed by atoms with E-state index in [2.05, 4.69) is 221 Å². The number of imidazole rings is 1. The number of aromatic nitrogens is 2. The van der Waals surface area contributed by atoms with E-state index in [0.717, 1.165) is 64.5 Å². The molecular weight excluding hydrogens is 727 g/mol. The molecule has 1 heterocycles. The van der Waals surface area contributed by atoms with E-state index in [1.54, 1.807) is 0 Å². The highest BCUT2D eigenvalue weighted by Gasteiger charge is 2.21. The fourth-order valence-corrected chi connectivity index (χ4v) is 9.16. The number of fused-ring (bicyclic) bond motifs is 3.